The standard InChI is InChI=1S/C34H35Cl2N3O5S/c1-4-32(34(41)37-5-2)38(22-25-13-20-30(35)31(36)21-25)33(40)23-39(45(42,43)29-18-11-24(3)12-19-29)26-14-16-28(17-15-26)44-27-9-7-6-8-10-27/h6-21,32H,4-5,22-23H2,1-3H3,(H,37,41)/t32-/m0/s1. The van der Waals surface area contributed by atoms with Crippen molar-refractivity contribution in [2.45, 2.75) is 44.7 Å². The Morgan fingerprint density at radius 2 is 1.49 bits per heavy atom. The zero-order valence-corrected chi connectivity index (χ0v) is 27.6. The van der Waals surface area contributed by atoms with Crippen LogP contribution in [0.15, 0.2) is 102 Å². The summed E-state index contributed by atoms with van der Waals surface area (Å²) >= 11 is 12.4. The summed E-state index contributed by atoms with van der Waals surface area (Å²) in [5, 5.41) is 3.44. The summed E-state index contributed by atoms with van der Waals surface area (Å²) < 4.78 is 35.2. The summed E-state index contributed by atoms with van der Waals surface area (Å²) in [4.78, 5) is 28.7. The fourth-order valence-corrected chi connectivity index (χ4v) is 6.45. The van der Waals surface area contributed by atoms with Gasteiger partial charge in [0.25, 0.3) is 10.0 Å². The van der Waals surface area contributed by atoms with Gasteiger partial charge < -0.3 is 15.0 Å². The van der Waals surface area contributed by atoms with Gasteiger partial charge in [0.2, 0.25) is 11.8 Å². The zero-order valence-electron chi connectivity index (χ0n) is 25.2. The molecule has 0 unspecified atom stereocenters. The van der Waals surface area contributed by atoms with Crippen molar-refractivity contribution in [3.8, 4) is 11.5 Å². The molecule has 0 heterocycles. The lowest BCUT2D eigenvalue weighted by atomic mass is 10.1. The van der Waals surface area contributed by atoms with Crippen molar-refractivity contribution in [2.75, 3.05) is 17.4 Å². The molecule has 8 nitrogen and oxygen atoms in total. The maximum absolute atomic E-state index is 14.2. The smallest absolute Gasteiger partial charge is 0.264 e. The molecule has 0 aliphatic carbocycles. The molecule has 0 fully saturated rings. The van der Waals surface area contributed by atoms with Crippen LogP contribution in [0, 0.1) is 6.92 Å². The molecule has 0 spiro atoms. The van der Waals surface area contributed by atoms with E-state index in [2.05, 4.69) is 5.32 Å². The molecule has 1 atom stereocenters. The number of para-hydroxylation sites is 1. The quantitative estimate of drug-likeness (QED) is 0.162. The number of carbonyl (C=O) groups is 2. The Bertz CT molecular complexity index is 1720. The van der Waals surface area contributed by atoms with Crippen LogP contribution in [0.25, 0.3) is 0 Å². The molecule has 0 aliphatic rings. The van der Waals surface area contributed by atoms with Gasteiger partial charge in [-0.15, -0.1) is 0 Å². The Kier molecular flexibility index (Phi) is 11.5. The minimum Gasteiger partial charge on any atom is -0.457 e. The maximum Gasteiger partial charge on any atom is 0.264 e. The summed E-state index contributed by atoms with van der Waals surface area (Å²) in [5.74, 6) is 0.203. The second-order valence-electron chi connectivity index (χ2n) is 10.3. The number of nitrogens with one attached hydrogen (secondary N) is 1. The predicted octanol–water partition coefficient (Wildman–Crippen LogP) is 7.23. The van der Waals surface area contributed by atoms with E-state index in [0.29, 0.717) is 40.1 Å². The van der Waals surface area contributed by atoms with Crippen molar-refractivity contribution in [2.24, 2.45) is 0 Å². The van der Waals surface area contributed by atoms with Gasteiger partial charge in [-0.2, -0.15) is 0 Å². The molecule has 1 N–H and O–H groups in total. The molecule has 4 rings (SSSR count). The first-order valence-corrected chi connectivity index (χ1v) is 16.7. The number of amides is 2. The molecule has 0 radical (unpaired) electrons. The summed E-state index contributed by atoms with van der Waals surface area (Å²) in [5.41, 5.74) is 1.78. The van der Waals surface area contributed by atoms with Gasteiger partial charge in [-0.3, -0.25) is 13.9 Å². The van der Waals surface area contributed by atoms with Gasteiger partial charge in [0.05, 0.1) is 20.6 Å². The van der Waals surface area contributed by atoms with Crippen LogP contribution in [0.4, 0.5) is 5.69 Å². The Labute approximate surface area is 274 Å². The lowest BCUT2D eigenvalue weighted by molar-refractivity contribution is -0.140. The molecular formula is C34H35Cl2N3O5S. The van der Waals surface area contributed by atoms with Crippen LogP contribution in [0.5, 0.6) is 11.5 Å². The van der Waals surface area contributed by atoms with E-state index in [9.17, 15) is 18.0 Å². The fourth-order valence-electron chi connectivity index (χ4n) is 4.72. The van der Waals surface area contributed by atoms with Gasteiger partial charge in [0, 0.05) is 13.1 Å². The molecule has 4 aromatic carbocycles. The minimum atomic E-state index is -4.21. The topological polar surface area (TPSA) is 96.0 Å². The van der Waals surface area contributed by atoms with E-state index in [1.165, 1.54) is 17.0 Å². The third-order valence-electron chi connectivity index (χ3n) is 7.07. The highest BCUT2D eigenvalue weighted by atomic mass is 35.5. The monoisotopic (exact) mass is 667 g/mol. The first kappa shape index (κ1) is 33.8. The lowest BCUT2D eigenvalue weighted by Gasteiger charge is -2.33. The third kappa shape index (κ3) is 8.57. The average molecular weight is 669 g/mol. The number of nitrogens with zero attached hydrogens (tertiary/aromatic N) is 2. The highest BCUT2D eigenvalue weighted by molar-refractivity contribution is 7.92. The largest absolute Gasteiger partial charge is 0.457 e. The Hall–Kier alpha value is -4.05. The van der Waals surface area contributed by atoms with Gasteiger partial charge in [-0.25, -0.2) is 8.42 Å². The van der Waals surface area contributed by atoms with Crippen molar-refractivity contribution < 1.29 is 22.7 Å². The summed E-state index contributed by atoms with van der Waals surface area (Å²) in [6, 6.07) is 26.1. The van der Waals surface area contributed by atoms with Crippen LogP contribution in [0.3, 0.4) is 0 Å². The molecule has 45 heavy (non-hydrogen) atoms. The van der Waals surface area contributed by atoms with Crippen molar-refractivity contribution >= 4 is 50.7 Å². The molecule has 0 bridgehead atoms. The fraction of sp³-hybridized carbons (Fsp3) is 0.235. The second kappa shape index (κ2) is 15.3. The summed E-state index contributed by atoms with van der Waals surface area (Å²) in [6.45, 7) is 5.25. The van der Waals surface area contributed by atoms with Gasteiger partial charge in [0.15, 0.2) is 0 Å². The molecule has 236 valence electrons. The number of carbonyl (C=O) groups excluding carboxylic acids is 2. The van der Waals surface area contributed by atoms with Crippen LogP contribution in [0.1, 0.15) is 31.4 Å². The lowest BCUT2D eigenvalue weighted by Crippen LogP contribution is -2.52. The molecule has 0 saturated carbocycles. The normalized spacial score (nSPS) is 11.8. The molecule has 0 aliphatic heterocycles. The Morgan fingerprint density at radius 3 is 2.09 bits per heavy atom. The molecule has 11 heteroatoms. The van der Waals surface area contributed by atoms with Crippen molar-refractivity contribution in [1.29, 1.82) is 0 Å². The first-order valence-electron chi connectivity index (χ1n) is 14.5. The number of benzene rings is 4. The van der Waals surface area contributed by atoms with Crippen LogP contribution in [0.2, 0.25) is 10.0 Å². The third-order valence-corrected chi connectivity index (χ3v) is 9.59. The van der Waals surface area contributed by atoms with Crippen LogP contribution in [-0.2, 0) is 26.2 Å². The highest BCUT2D eigenvalue weighted by Gasteiger charge is 2.33. The first-order chi connectivity index (χ1) is 21.5. The van der Waals surface area contributed by atoms with Gasteiger partial charge in [-0.1, -0.05) is 72.1 Å². The number of rotatable bonds is 13. The number of hydrogen-bond acceptors (Lipinski definition) is 5. The average Bonchev–Trinajstić information content (AvgIpc) is 3.02. The molecular weight excluding hydrogens is 633 g/mol. The van der Waals surface area contributed by atoms with E-state index in [1.807, 2.05) is 37.3 Å². The number of ether oxygens (including phenoxy) is 1. The maximum atomic E-state index is 14.2. The number of aryl methyl sites for hydroxylation is 1. The minimum absolute atomic E-state index is 0.00758. The molecule has 2 amide bonds. The van der Waals surface area contributed by atoms with Crippen molar-refractivity contribution in [1.82, 2.24) is 10.2 Å². The van der Waals surface area contributed by atoms with Gasteiger partial charge in [-0.05, 0) is 86.5 Å². The highest BCUT2D eigenvalue weighted by Crippen LogP contribution is 2.29. The number of sulfonamides is 1. The van der Waals surface area contributed by atoms with E-state index < -0.39 is 28.5 Å². The Morgan fingerprint density at radius 1 is 0.844 bits per heavy atom. The van der Waals surface area contributed by atoms with E-state index >= 15 is 0 Å². The van der Waals surface area contributed by atoms with E-state index in [0.717, 1.165) is 9.87 Å². The SMILES string of the molecule is CCNC(=O)[C@H](CC)N(Cc1ccc(Cl)c(Cl)c1)C(=O)CN(c1ccc(Oc2ccccc2)cc1)S(=O)(=O)c1ccc(C)cc1. The second-order valence-corrected chi connectivity index (χ2v) is 13.0. The van der Waals surface area contributed by atoms with Crippen LogP contribution < -0.4 is 14.4 Å². The summed E-state index contributed by atoms with van der Waals surface area (Å²) in [6.07, 6.45) is 0.301. The number of anilines is 1. The molecule has 4 aromatic rings. The van der Waals surface area contributed by atoms with Gasteiger partial charge in [0.1, 0.15) is 24.1 Å². The Balaban J connectivity index is 1.73. The van der Waals surface area contributed by atoms with Crippen molar-refractivity contribution in [3.05, 3.63) is 118 Å². The van der Waals surface area contributed by atoms with E-state index in [-0.39, 0.29) is 23.0 Å². The van der Waals surface area contributed by atoms with Crippen molar-refractivity contribution in [3.63, 3.8) is 0 Å². The zero-order chi connectivity index (χ0) is 32.6. The molecule has 0 aromatic heterocycles. The van der Waals surface area contributed by atoms with Gasteiger partial charge >= 0.3 is 0 Å². The number of halogens is 2. The predicted molar refractivity (Wildman–Crippen MR) is 178 cm³/mol. The molecule has 0 saturated heterocycles. The summed E-state index contributed by atoms with van der Waals surface area (Å²) in [7, 11) is -4.21. The van der Waals surface area contributed by atoms with Crippen LogP contribution >= 0.6 is 23.2 Å². The van der Waals surface area contributed by atoms with Crippen LogP contribution in [-0.4, -0.2) is 44.3 Å². The van der Waals surface area contributed by atoms with E-state index in [4.69, 9.17) is 27.9 Å². The number of hydrogen-bond donors (Lipinski definition) is 1. The number of likely N-dealkylation sites (N-methyl/N-ethyl adjacent to an activating group) is 1. The van der Waals surface area contributed by atoms with E-state index in [1.54, 1.807) is 68.4 Å².